The number of unbranched alkanes of at least 4 members (excludes halogenated alkanes) is 1. The van der Waals surface area contributed by atoms with Gasteiger partial charge in [-0.05, 0) is 31.0 Å². The van der Waals surface area contributed by atoms with Crippen molar-refractivity contribution in [2.24, 2.45) is 12.0 Å². The number of amides is 1. The molecule has 1 amide bonds. The van der Waals surface area contributed by atoms with Crippen LogP contribution >= 0.6 is 24.0 Å². The van der Waals surface area contributed by atoms with E-state index in [-0.39, 0.29) is 29.9 Å². The van der Waals surface area contributed by atoms with E-state index in [1.807, 2.05) is 42.8 Å². The van der Waals surface area contributed by atoms with Crippen LogP contribution in [-0.4, -0.2) is 52.2 Å². The summed E-state index contributed by atoms with van der Waals surface area (Å²) in [5.74, 6) is 2.47. The van der Waals surface area contributed by atoms with Gasteiger partial charge in [0.05, 0.1) is 13.1 Å². The van der Waals surface area contributed by atoms with Gasteiger partial charge in [-0.25, -0.2) is 4.99 Å². The molecule has 0 unspecified atom stereocenters. The number of hydrogen-bond acceptors (Lipinski definition) is 4. The minimum Gasteiger partial charge on any atom is -0.356 e. The Labute approximate surface area is 190 Å². The summed E-state index contributed by atoms with van der Waals surface area (Å²) in [7, 11) is 5.45. The number of carbonyl (C=O) groups excluding carboxylic acids is 1. The molecule has 0 saturated carbocycles. The zero-order chi connectivity index (χ0) is 20.5. The standard InChI is InChI=1S/C20H31N7O.HI/c1-6-7-12-21-20(23-14-18-25-24-15(2)27(18)5)22-13-16-8-10-17(11-9-16)19(28)26(3)4;/h8-11H,6-7,12-14H2,1-5H3,(H2,21,22,23);1H. The van der Waals surface area contributed by atoms with Crippen molar-refractivity contribution >= 4 is 35.8 Å². The Morgan fingerprint density at radius 1 is 1.17 bits per heavy atom. The summed E-state index contributed by atoms with van der Waals surface area (Å²) in [6, 6.07) is 7.56. The molecule has 1 aromatic carbocycles. The summed E-state index contributed by atoms with van der Waals surface area (Å²) in [4.78, 5) is 18.2. The zero-order valence-electron chi connectivity index (χ0n) is 17.9. The maximum atomic E-state index is 12.0. The van der Waals surface area contributed by atoms with Gasteiger partial charge in [-0.2, -0.15) is 0 Å². The molecule has 2 N–H and O–H groups in total. The number of carbonyl (C=O) groups is 1. The van der Waals surface area contributed by atoms with E-state index in [4.69, 9.17) is 0 Å². The lowest BCUT2D eigenvalue weighted by Crippen LogP contribution is -2.38. The highest BCUT2D eigenvalue weighted by Gasteiger charge is 2.08. The van der Waals surface area contributed by atoms with Crippen LogP contribution in [0.3, 0.4) is 0 Å². The molecule has 160 valence electrons. The fourth-order valence-corrected chi connectivity index (χ4v) is 2.51. The average molecular weight is 513 g/mol. The Hall–Kier alpha value is -2.17. The third kappa shape index (κ3) is 7.64. The lowest BCUT2D eigenvalue weighted by atomic mass is 10.1. The van der Waals surface area contributed by atoms with Gasteiger partial charge in [-0.1, -0.05) is 25.5 Å². The second-order valence-corrected chi connectivity index (χ2v) is 6.92. The van der Waals surface area contributed by atoms with Crippen LogP contribution in [0.4, 0.5) is 0 Å². The van der Waals surface area contributed by atoms with Crippen LogP contribution < -0.4 is 10.6 Å². The van der Waals surface area contributed by atoms with E-state index in [1.54, 1.807) is 19.0 Å². The van der Waals surface area contributed by atoms with E-state index >= 15 is 0 Å². The minimum atomic E-state index is -0.00221. The molecule has 0 aliphatic carbocycles. The van der Waals surface area contributed by atoms with Crippen molar-refractivity contribution in [2.75, 3.05) is 20.6 Å². The third-order valence-electron chi connectivity index (χ3n) is 4.45. The largest absolute Gasteiger partial charge is 0.356 e. The maximum absolute atomic E-state index is 12.0. The molecule has 0 spiro atoms. The predicted octanol–water partition coefficient (Wildman–Crippen LogP) is 2.48. The van der Waals surface area contributed by atoms with Gasteiger partial charge < -0.3 is 20.1 Å². The molecule has 0 fully saturated rings. The van der Waals surface area contributed by atoms with Crippen molar-refractivity contribution in [1.82, 2.24) is 30.3 Å². The Balaban J connectivity index is 0.00000420. The Morgan fingerprint density at radius 2 is 1.86 bits per heavy atom. The number of rotatable bonds is 8. The van der Waals surface area contributed by atoms with E-state index in [1.165, 1.54) is 0 Å². The first-order chi connectivity index (χ1) is 13.4. The molecule has 8 nitrogen and oxygen atoms in total. The number of aliphatic imine (C=N–C) groups is 1. The van der Waals surface area contributed by atoms with E-state index in [0.717, 1.165) is 42.6 Å². The highest BCUT2D eigenvalue weighted by atomic mass is 127. The molecule has 2 aromatic rings. The van der Waals surface area contributed by atoms with Gasteiger partial charge in [-0.3, -0.25) is 4.79 Å². The first kappa shape index (κ1) is 24.9. The summed E-state index contributed by atoms with van der Waals surface area (Å²) >= 11 is 0. The van der Waals surface area contributed by atoms with Gasteiger partial charge in [0.15, 0.2) is 11.8 Å². The van der Waals surface area contributed by atoms with Crippen molar-refractivity contribution in [2.45, 2.75) is 39.8 Å². The molecule has 0 atom stereocenters. The van der Waals surface area contributed by atoms with Gasteiger partial charge in [0, 0.05) is 33.3 Å². The van der Waals surface area contributed by atoms with Gasteiger partial charge >= 0.3 is 0 Å². The van der Waals surface area contributed by atoms with E-state index in [0.29, 0.717) is 18.7 Å². The molecule has 0 aliphatic rings. The fraction of sp³-hybridized carbons (Fsp3) is 0.500. The van der Waals surface area contributed by atoms with E-state index in [2.05, 4.69) is 32.7 Å². The van der Waals surface area contributed by atoms with Crippen LogP contribution in [0.5, 0.6) is 0 Å². The Bertz CT molecular complexity index is 800. The van der Waals surface area contributed by atoms with Crippen molar-refractivity contribution in [3.63, 3.8) is 0 Å². The van der Waals surface area contributed by atoms with Crippen molar-refractivity contribution in [3.05, 3.63) is 47.0 Å². The first-order valence-electron chi connectivity index (χ1n) is 9.60. The van der Waals surface area contributed by atoms with Crippen molar-refractivity contribution in [1.29, 1.82) is 0 Å². The first-order valence-corrected chi connectivity index (χ1v) is 9.60. The normalized spacial score (nSPS) is 11.0. The predicted molar refractivity (Wildman–Crippen MR) is 127 cm³/mol. The Kier molecular flexibility index (Phi) is 10.6. The number of aryl methyl sites for hydroxylation is 1. The smallest absolute Gasteiger partial charge is 0.253 e. The lowest BCUT2D eigenvalue weighted by molar-refractivity contribution is 0.0827. The second-order valence-electron chi connectivity index (χ2n) is 6.92. The highest BCUT2D eigenvalue weighted by molar-refractivity contribution is 14.0. The van der Waals surface area contributed by atoms with Crippen LogP contribution in [0, 0.1) is 6.92 Å². The molecular formula is C20H32IN7O. The maximum Gasteiger partial charge on any atom is 0.253 e. The number of halogens is 1. The molecule has 0 bridgehead atoms. The van der Waals surface area contributed by atoms with Gasteiger partial charge in [0.2, 0.25) is 0 Å². The monoisotopic (exact) mass is 513 g/mol. The number of guanidine groups is 1. The fourth-order valence-electron chi connectivity index (χ4n) is 2.51. The number of nitrogens with zero attached hydrogens (tertiary/aromatic N) is 5. The van der Waals surface area contributed by atoms with E-state index < -0.39 is 0 Å². The summed E-state index contributed by atoms with van der Waals surface area (Å²) in [5.41, 5.74) is 1.72. The summed E-state index contributed by atoms with van der Waals surface area (Å²) in [6.45, 7) is 6.01. The molecule has 0 saturated heterocycles. The summed E-state index contributed by atoms with van der Waals surface area (Å²) in [6.07, 6.45) is 2.19. The van der Waals surface area contributed by atoms with Crippen molar-refractivity contribution < 1.29 is 4.79 Å². The summed E-state index contributed by atoms with van der Waals surface area (Å²) in [5, 5.41) is 14.9. The molecule has 9 heteroatoms. The molecule has 1 aromatic heterocycles. The Morgan fingerprint density at radius 3 is 2.41 bits per heavy atom. The molecule has 2 rings (SSSR count). The molecule has 1 heterocycles. The molecular weight excluding hydrogens is 481 g/mol. The SMILES string of the molecule is CCCCNC(=NCc1ccc(C(=O)N(C)C)cc1)NCc1nnc(C)n1C.I. The van der Waals surface area contributed by atoms with Crippen LogP contribution in [0.2, 0.25) is 0 Å². The van der Waals surface area contributed by atoms with Crippen LogP contribution in [0.15, 0.2) is 29.3 Å². The molecule has 0 radical (unpaired) electrons. The van der Waals surface area contributed by atoms with Gasteiger partial charge in [-0.15, -0.1) is 34.2 Å². The summed E-state index contributed by atoms with van der Waals surface area (Å²) < 4.78 is 1.96. The molecule has 0 aliphatic heterocycles. The van der Waals surface area contributed by atoms with Gasteiger partial charge in [0.25, 0.3) is 5.91 Å². The average Bonchev–Trinajstić information content (AvgIpc) is 3.01. The van der Waals surface area contributed by atoms with Crippen LogP contribution in [0.1, 0.15) is 47.3 Å². The van der Waals surface area contributed by atoms with Crippen molar-refractivity contribution in [3.8, 4) is 0 Å². The number of benzene rings is 1. The van der Waals surface area contributed by atoms with E-state index in [9.17, 15) is 4.79 Å². The third-order valence-corrected chi connectivity index (χ3v) is 4.45. The van der Waals surface area contributed by atoms with Crippen LogP contribution in [0.25, 0.3) is 0 Å². The zero-order valence-corrected chi connectivity index (χ0v) is 20.2. The topological polar surface area (TPSA) is 87.4 Å². The number of nitrogens with one attached hydrogen (secondary N) is 2. The quantitative estimate of drug-likeness (QED) is 0.245. The van der Waals surface area contributed by atoms with Gasteiger partial charge in [0.1, 0.15) is 5.82 Å². The lowest BCUT2D eigenvalue weighted by Gasteiger charge is -2.13. The number of hydrogen-bond donors (Lipinski definition) is 2. The highest BCUT2D eigenvalue weighted by Crippen LogP contribution is 2.07. The second kappa shape index (κ2) is 12.4. The minimum absolute atomic E-state index is 0. The van der Waals surface area contributed by atoms with Crippen LogP contribution in [-0.2, 0) is 20.1 Å². The number of aromatic nitrogens is 3. The molecule has 29 heavy (non-hydrogen) atoms.